The van der Waals surface area contributed by atoms with E-state index in [0.29, 0.717) is 18.2 Å². The van der Waals surface area contributed by atoms with Gasteiger partial charge in [-0.25, -0.2) is 4.98 Å². The molecular weight excluding hydrogens is 222 g/mol. The van der Waals surface area contributed by atoms with E-state index in [0.717, 1.165) is 6.42 Å². The molecule has 16 heavy (non-hydrogen) atoms. The van der Waals surface area contributed by atoms with Gasteiger partial charge in [0, 0.05) is 19.0 Å². The maximum Gasteiger partial charge on any atom is 0.252 e. The molecule has 4 nitrogen and oxygen atoms in total. The molecule has 84 valence electrons. The molecule has 0 bridgehead atoms. The summed E-state index contributed by atoms with van der Waals surface area (Å²) in [7, 11) is 0. The monoisotopic (exact) mass is 235 g/mol. The number of anilines is 1. The van der Waals surface area contributed by atoms with E-state index < -0.39 is 0 Å². The zero-order valence-corrected chi connectivity index (χ0v) is 9.80. The van der Waals surface area contributed by atoms with Crippen molar-refractivity contribution < 1.29 is 0 Å². The Morgan fingerprint density at radius 1 is 1.56 bits per heavy atom. The van der Waals surface area contributed by atoms with Gasteiger partial charge in [0.1, 0.15) is 11.6 Å². The molecule has 0 unspecified atom stereocenters. The van der Waals surface area contributed by atoms with Gasteiger partial charge in [-0.3, -0.25) is 4.79 Å². The summed E-state index contributed by atoms with van der Waals surface area (Å²) in [4.78, 5) is 18.3. The highest BCUT2D eigenvalue weighted by Crippen LogP contribution is 2.08. The molecule has 0 atom stereocenters. The number of H-pyrrole nitrogens is 1. The van der Waals surface area contributed by atoms with Crippen molar-refractivity contribution >= 4 is 17.2 Å². The van der Waals surface area contributed by atoms with E-state index in [1.807, 2.05) is 18.4 Å². The minimum atomic E-state index is -0.111. The van der Waals surface area contributed by atoms with Crippen molar-refractivity contribution in [2.45, 2.75) is 19.9 Å². The van der Waals surface area contributed by atoms with E-state index in [4.69, 9.17) is 0 Å². The van der Waals surface area contributed by atoms with Crippen molar-refractivity contribution in [1.82, 2.24) is 9.97 Å². The molecule has 0 saturated carbocycles. The molecule has 2 aromatic heterocycles. The normalized spacial score (nSPS) is 10.3. The number of aromatic amines is 1. The molecule has 2 rings (SSSR count). The van der Waals surface area contributed by atoms with Crippen molar-refractivity contribution in [2.24, 2.45) is 0 Å². The van der Waals surface area contributed by atoms with Gasteiger partial charge in [0.2, 0.25) is 0 Å². The Bertz CT molecular complexity index is 504. The lowest BCUT2D eigenvalue weighted by molar-refractivity contribution is 0.915. The van der Waals surface area contributed by atoms with Gasteiger partial charge in [0.25, 0.3) is 5.56 Å². The molecule has 0 spiro atoms. The first-order valence-electron chi connectivity index (χ1n) is 5.13. The van der Waals surface area contributed by atoms with Crippen LogP contribution in [0, 0.1) is 0 Å². The molecule has 0 fully saturated rings. The van der Waals surface area contributed by atoms with Crippen LogP contribution >= 0.6 is 11.3 Å². The highest BCUT2D eigenvalue weighted by atomic mass is 32.1. The van der Waals surface area contributed by atoms with Crippen LogP contribution in [0.2, 0.25) is 0 Å². The second-order valence-corrected chi connectivity index (χ2v) is 4.20. The zero-order chi connectivity index (χ0) is 11.4. The Morgan fingerprint density at radius 2 is 2.44 bits per heavy atom. The largest absolute Gasteiger partial charge is 0.366 e. The van der Waals surface area contributed by atoms with Crippen LogP contribution in [0.15, 0.2) is 27.7 Å². The van der Waals surface area contributed by atoms with Gasteiger partial charge >= 0.3 is 0 Å². The van der Waals surface area contributed by atoms with Crippen LogP contribution in [-0.2, 0) is 13.0 Å². The molecule has 0 amide bonds. The first-order valence-corrected chi connectivity index (χ1v) is 6.07. The van der Waals surface area contributed by atoms with Crippen molar-refractivity contribution in [2.75, 3.05) is 5.32 Å². The molecule has 2 N–H and O–H groups in total. The minimum Gasteiger partial charge on any atom is -0.366 e. The predicted octanol–water partition coefficient (Wildman–Crippen LogP) is 2.01. The fraction of sp³-hybridized carbons (Fsp3) is 0.273. The van der Waals surface area contributed by atoms with Crippen LogP contribution in [0.1, 0.15) is 18.3 Å². The summed E-state index contributed by atoms with van der Waals surface area (Å²) in [5, 5.41) is 7.24. The van der Waals surface area contributed by atoms with Crippen LogP contribution in [0.25, 0.3) is 0 Å². The number of aryl methyl sites for hydroxylation is 1. The Morgan fingerprint density at radius 3 is 3.12 bits per heavy atom. The Hall–Kier alpha value is -1.62. The Kier molecular flexibility index (Phi) is 3.36. The number of thiophene rings is 1. The topological polar surface area (TPSA) is 57.8 Å². The van der Waals surface area contributed by atoms with E-state index >= 15 is 0 Å². The van der Waals surface area contributed by atoms with Crippen molar-refractivity contribution in [3.8, 4) is 0 Å². The van der Waals surface area contributed by atoms with Crippen molar-refractivity contribution in [3.63, 3.8) is 0 Å². The molecule has 0 aliphatic carbocycles. The second-order valence-electron chi connectivity index (χ2n) is 3.42. The first-order chi connectivity index (χ1) is 7.78. The lowest BCUT2D eigenvalue weighted by Crippen LogP contribution is -2.13. The summed E-state index contributed by atoms with van der Waals surface area (Å²) < 4.78 is 0. The van der Waals surface area contributed by atoms with Gasteiger partial charge in [0.05, 0.1) is 0 Å². The number of rotatable bonds is 4. The van der Waals surface area contributed by atoms with E-state index in [-0.39, 0.29) is 5.56 Å². The van der Waals surface area contributed by atoms with Gasteiger partial charge < -0.3 is 10.3 Å². The number of hydrogen-bond donors (Lipinski definition) is 2. The molecule has 0 aromatic carbocycles. The van der Waals surface area contributed by atoms with Crippen LogP contribution in [0.5, 0.6) is 0 Å². The number of hydrogen-bond acceptors (Lipinski definition) is 4. The minimum absolute atomic E-state index is 0.111. The van der Waals surface area contributed by atoms with E-state index in [9.17, 15) is 4.79 Å². The second kappa shape index (κ2) is 4.94. The smallest absolute Gasteiger partial charge is 0.252 e. The highest BCUT2D eigenvalue weighted by Gasteiger charge is 1.99. The van der Waals surface area contributed by atoms with E-state index in [1.54, 1.807) is 11.3 Å². The third kappa shape index (κ3) is 2.70. The number of nitrogens with zero attached hydrogens (tertiary/aromatic N) is 1. The number of nitrogens with one attached hydrogen (secondary N) is 2. The van der Waals surface area contributed by atoms with Crippen LogP contribution in [0.4, 0.5) is 5.82 Å². The summed E-state index contributed by atoms with van der Waals surface area (Å²) in [6.45, 7) is 2.66. The van der Waals surface area contributed by atoms with Gasteiger partial charge in [-0.1, -0.05) is 6.92 Å². The maximum absolute atomic E-state index is 11.3. The molecule has 0 aliphatic rings. The van der Waals surface area contributed by atoms with Crippen molar-refractivity contribution in [3.05, 3.63) is 44.6 Å². The quantitative estimate of drug-likeness (QED) is 0.852. The third-order valence-electron chi connectivity index (χ3n) is 2.18. The third-order valence-corrected chi connectivity index (χ3v) is 2.91. The van der Waals surface area contributed by atoms with Crippen LogP contribution < -0.4 is 10.9 Å². The Balaban J connectivity index is 2.09. The fourth-order valence-corrected chi connectivity index (χ4v) is 2.02. The predicted molar refractivity (Wildman–Crippen MR) is 65.9 cm³/mol. The lowest BCUT2D eigenvalue weighted by Gasteiger charge is -2.04. The van der Waals surface area contributed by atoms with E-state index in [2.05, 4.69) is 20.7 Å². The molecule has 0 radical (unpaired) electrons. The summed E-state index contributed by atoms with van der Waals surface area (Å²) >= 11 is 1.66. The molecule has 5 heteroatoms. The standard InChI is InChI=1S/C11H13N3OS/c1-2-9-13-10(5-11(15)14-9)12-6-8-3-4-16-7-8/h3-5,7H,2,6H2,1H3,(H2,12,13,14,15). The summed E-state index contributed by atoms with van der Waals surface area (Å²) in [6.07, 6.45) is 0.725. The number of aromatic nitrogens is 2. The molecule has 0 aliphatic heterocycles. The van der Waals surface area contributed by atoms with Gasteiger partial charge in [-0.05, 0) is 22.4 Å². The average molecular weight is 235 g/mol. The van der Waals surface area contributed by atoms with Gasteiger partial charge in [-0.2, -0.15) is 11.3 Å². The summed E-state index contributed by atoms with van der Waals surface area (Å²) in [5.41, 5.74) is 1.09. The van der Waals surface area contributed by atoms with Crippen molar-refractivity contribution in [1.29, 1.82) is 0 Å². The average Bonchev–Trinajstić information content (AvgIpc) is 2.78. The highest BCUT2D eigenvalue weighted by molar-refractivity contribution is 7.07. The molecule has 0 saturated heterocycles. The molecule has 2 aromatic rings. The zero-order valence-electron chi connectivity index (χ0n) is 8.99. The Labute approximate surface area is 97.4 Å². The van der Waals surface area contributed by atoms with Gasteiger partial charge in [-0.15, -0.1) is 0 Å². The first kappa shape index (κ1) is 10.9. The van der Waals surface area contributed by atoms with Gasteiger partial charge in [0.15, 0.2) is 0 Å². The van der Waals surface area contributed by atoms with Crippen LogP contribution in [-0.4, -0.2) is 9.97 Å². The lowest BCUT2D eigenvalue weighted by atomic mass is 10.3. The summed E-state index contributed by atoms with van der Waals surface area (Å²) in [5.74, 6) is 1.34. The molecule has 2 heterocycles. The maximum atomic E-state index is 11.3. The molecular formula is C11H13N3OS. The van der Waals surface area contributed by atoms with E-state index in [1.165, 1.54) is 11.6 Å². The fourth-order valence-electron chi connectivity index (χ4n) is 1.35. The van der Waals surface area contributed by atoms with Crippen LogP contribution in [0.3, 0.4) is 0 Å². The SMILES string of the molecule is CCc1nc(NCc2ccsc2)cc(=O)[nH]1. The summed E-state index contributed by atoms with van der Waals surface area (Å²) in [6, 6.07) is 3.52.